The average Bonchev–Trinajstić information content (AvgIpc) is 2.41. The molecule has 1 aromatic rings. The number of aromatic carboxylic acids is 1. The van der Waals surface area contributed by atoms with Gasteiger partial charge in [0, 0.05) is 13.2 Å². The molecule has 0 spiro atoms. The van der Waals surface area contributed by atoms with Crippen LogP contribution in [0.4, 0.5) is 5.69 Å². The molecule has 1 aliphatic heterocycles. The second-order valence-corrected chi connectivity index (χ2v) is 6.75. The van der Waals surface area contributed by atoms with Crippen LogP contribution >= 0.6 is 0 Å². The summed E-state index contributed by atoms with van der Waals surface area (Å²) in [6, 6.07) is 4.32. The number of aryl methyl sites for hydroxylation is 1. The Morgan fingerprint density at radius 1 is 1.35 bits per heavy atom. The van der Waals surface area contributed by atoms with Crippen molar-refractivity contribution >= 4 is 21.7 Å². The number of hydrogen-bond acceptors (Lipinski definition) is 4. The Morgan fingerprint density at radius 2 is 2.00 bits per heavy atom. The molecular formula is C13H17NO5S. The Balaban J connectivity index is 2.18. The van der Waals surface area contributed by atoms with Gasteiger partial charge in [0.15, 0.2) is 0 Å². The Hall–Kier alpha value is -1.60. The first kappa shape index (κ1) is 14.8. The molecule has 2 N–H and O–H groups in total. The molecule has 0 aromatic heterocycles. The molecular weight excluding hydrogens is 282 g/mol. The second-order valence-electron chi connectivity index (χ2n) is 4.79. The van der Waals surface area contributed by atoms with E-state index in [2.05, 4.69) is 4.72 Å². The summed E-state index contributed by atoms with van der Waals surface area (Å²) in [7, 11) is -3.47. The van der Waals surface area contributed by atoms with E-state index in [0.29, 0.717) is 37.3 Å². The maximum atomic E-state index is 12.2. The highest BCUT2D eigenvalue weighted by Crippen LogP contribution is 2.22. The summed E-state index contributed by atoms with van der Waals surface area (Å²) in [5, 5.41) is 8.42. The van der Waals surface area contributed by atoms with Crippen molar-refractivity contribution < 1.29 is 23.1 Å². The molecule has 7 heteroatoms. The van der Waals surface area contributed by atoms with Gasteiger partial charge in [0.25, 0.3) is 0 Å². The van der Waals surface area contributed by atoms with Gasteiger partial charge < -0.3 is 9.84 Å². The normalized spacial score (nSPS) is 16.9. The van der Waals surface area contributed by atoms with Gasteiger partial charge in [0.05, 0.1) is 16.5 Å². The lowest BCUT2D eigenvalue weighted by Gasteiger charge is -2.23. The molecule has 110 valence electrons. The first-order chi connectivity index (χ1) is 9.40. The number of carboxylic acids is 1. The number of benzene rings is 1. The van der Waals surface area contributed by atoms with Crippen molar-refractivity contribution in [2.24, 2.45) is 0 Å². The Morgan fingerprint density at radius 3 is 2.55 bits per heavy atom. The predicted molar refractivity (Wildman–Crippen MR) is 74.5 cm³/mol. The molecule has 0 atom stereocenters. The van der Waals surface area contributed by atoms with E-state index in [1.807, 2.05) is 0 Å². The van der Waals surface area contributed by atoms with Crippen LogP contribution < -0.4 is 4.72 Å². The fourth-order valence-corrected chi connectivity index (χ4v) is 3.65. The summed E-state index contributed by atoms with van der Waals surface area (Å²) in [5.41, 5.74) is 1.14. The van der Waals surface area contributed by atoms with Gasteiger partial charge in [-0.1, -0.05) is 0 Å². The van der Waals surface area contributed by atoms with Crippen molar-refractivity contribution in [2.45, 2.75) is 25.0 Å². The third-order valence-corrected chi connectivity index (χ3v) is 5.19. The predicted octanol–water partition coefficient (Wildman–Crippen LogP) is 1.61. The Bertz CT molecular complexity index is 605. The van der Waals surface area contributed by atoms with Gasteiger partial charge in [-0.2, -0.15) is 0 Å². The second kappa shape index (κ2) is 5.80. The van der Waals surface area contributed by atoms with E-state index in [-0.39, 0.29) is 5.56 Å². The van der Waals surface area contributed by atoms with Crippen molar-refractivity contribution in [3.05, 3.63) is 29.3 Å². The molecule has 0 bridgehead atoms. The van der Waals surface area contributed by atoms with Crippen LogP contribution in [0.5, 0.6) is 0 Å². The van der Waals surface area contributed by atoms with Crippen LogP contribution in [-0.2, 0) is 14.8 Å². The van der Waals surface area contributed by atoms with E-state index in [1.54, 1.807) is 6.92 Å². The van der Waals surface area contributed by atoms with Crippen LogP contribution in [0.15, 0.2) is 18.2 Å². The van der Waals surface area contributed by atoms with Crippen molar-refractivity contribution in [1.29, 1.82) is 0 Å². The molecule has 1 heterocycles. The lowest BCUT2D eigenvalue weighted by molar-refractivity contribution is 0.0697. The fraction of sp³-hybridized carbons (Fsp3) is 0.462. The summed E-state index contributed by atoms with van der Waals surface area (Å²) in [4.78, 5) is 10.8. The number of hydrogen-bond donors (Lipinski definition) is 2. The van der Waals surface area contributed by atoms with Crippen LogP contribution in [-0.4, -0.2) is 38.0 Å². The molecule has 0 saturated carbocycles. The molecule has 1 saturated heterocycles. The summed E-state index contributed by atoms with van der Waals surface area (Å²) < 4.78 is 32.2. The Kier molecular flexibility index (Phi) is 4.29. The van der Waals surface area contributed by atoms with Crippen LogP contribution in [0.2, 0.25) is 0 Å². The van der Waals surface area contributed by atoms with Gasteiger partial charge in [-0.15, -0.1) is 0 Å². The highest BCUT2D eigenvalue weighted by atomic mass is 32.2. The van der Waals surface area contributed by atoms with E-state index in [9.17, 15) is 13.2 Å². The van der Waals surface area contributed by atoms with Gasteiger partial charge in [-0.05, 0) is 43.5 Å². The molecule has 0 radical (unpaired) electrons. The minimum atomic E-state index is -3.47. The topological polar surface area (TPSA) is 92.7 Å². The molecule has 1 aromatic carbocycles. The largest absolute Gasteiger partial charge is 0.478 e. The quantitative estimate of drug-likeness (QED) is 0.881. The number of sulfonamides is 1. The van der Waals surface area contributed by atoms with E-state index in [4.69, 9.17) is 9.84 Å². The van der Waals surface area contributed by atoms with Gasteiger partial charge in [-0.25, -0.2) is 13.2 Å². The van der Waals surface area contributed by atoms with E-state index < -0.39 is 21.2 Å². The third kappa shape index (κ3) is 3.29. The van der Waals surface area contributed by atoms with Crippen molar-refractivity contribution in [3.63, 3.8) is 0 Å². The summed E-state index contributed by atoms with van der Waals surface area (Å²) >= 11 is 0. The molecule has 2 rings (SSSR count). The molecule has 20 heavy (non-hydrogen) atoms. The fourth-order valence-electron chi connectivity index (χ4n) is 2.13. The average molecular weight is 299 g/mol. The first-order valence-electron chi connectivity index (χ1n) is 6.33. The SMILES string of the molecule is Cc1cc(C(=O)O)ccc1NS(=O)(=O)C1CCOCC1. The lowest BCUT2D eigenvalue weighted by atomic mass is 10.1. The van der Waals surface area contributed by atoms with E-state index in [1.165, 1.54) is 18.2 Å². The Labute approximate surface area is 117 Å². The van der Waals surface area contributed by atoms with Crippen molar-refractivity contribution in [3.8, 4) is 0 Å². The zero-order valence-electron chi connectivity index (χ0n) is 11.1. The highest BCUT2D eigenvalue weighted by molar-refractivity contribution is 7.93. The number of carboxylic acid groups (broad SMARTS) is 1. The van der Waals surface area contributed by atoms with Crippen LogP contribution in [0.3, 0.4) is 0 Å². The first-order valence-corrected chi connectivity index (χ1v) is 7.88. The molecule has 0 amide bonds. The van der Waals surface area contributed by atoms with E-state index in [0.717, 1.165) is 0 Å². The monoisotopic (exact) mass is 299 g/mol. The number of anilines is 1. The van der Waals surface area contributed by atoms with Crippen LogP contribution in [0.25, 0.3) is 0 Å². The number of carbonyl (C=O) groups is 1. The third-order valence-electron chi connectivity index (χ3n) is 3.33. The molecule has 1 aliphatic rings. The van der Waals surface area contributed by atoms with Crippen LogP contribution in [0.1, 0.15) is 28.8 Å². The van der Waals surface area contributed by atoms with Gasteiger partial charge in [-0.3, -0.25) is 4.72 Å². The number of ether oxygens (including phenoxy) is 1. The zero-order chi connectivity index (χ0) is 14.8. The van der Waals surface area contributed by atoms with Crippen molar-refractivity contribution in [1.82, 2.24) is 0 Å². The lowest BCUT2D eigenvalue weighted by Crippen LogP contribution is -2.33. The minimum absolute atomic E-state index is 0.136. The zero-order valence-corrected chi connectivity index (χ0v) is 11.9. The maximum absolute atomic E-state index is 12.2. The summed E-state index contributed by atoms with van der Waals surface area (Å²) in [6.07, 6.45) is 0.948. The van der Waals surface area contributed by atoms with Crippen LogP contribution in [0, 0.1) is 6.92 Å². The standard InChI is InChI=1S/C13H17NO5S/c1-9-8-10(13(15)16)2-3-12(9)14-20(17,18)11-4-6-19-7-5-11/h2-3,8,11,14H,4-7H2,1H3,(H,15,16). The molecule has 0 aliphatic carbocycles. The number of nitrogens with one attached hydrogen (secondary N) is 1. The highest BCUT2D eigenvalue weighted by Gasteiger charge is 2.28. The minimum Gasteiger partial charge on any atom is -0.478 e. The van der Waals surface area contributed by atoms with Gasteiger partial charge in [0.2, 0.25) is 10.0 Å². The molecule has 6 nitrogen and oxygen atoms in total. The van der Waals surface area contributed by atoms with E-state index >= 15 is 0 Å². The smallest absolute Gasteiger partial charge is 0.335 e. The molecule has 1 fully saturated rings. The molecule has 0 unspecified atom stereocenters. The summed E-state index contributed by atoms with van der Waals surface area (Å²) in [5.74, 6) is -1.04. The van der Waals surface area contributed by atoms with Crippen molar-refractivity contribution in [2.75, 3.05) is 17.9 Å². The van der Waals surface area contributed by atoms with Gasteiger partial charge in [0.1, 0.15) is 0 Å². The number of rotatable bonds is 4. The maximum Gasteiger partial charge on any atom is 0.335 e. The summed E-state index contributed by atoms with van der Waals surface area (Å²) in [6.45, 7) is 2.57. The van der Waals surface area contributed by atoms with Gasteiger partial charge >= 0.3 is 5.97 Å².